The zero-order chi connectivity index (χ0) is 15.1. The molecule has 2 rings (SSSR count). The molecule has 1 amide bonds. The van der Waals surface area contributed by atoms with Crippen molar-refractivity contribution in [1.82, 2.24) is 15.2 Å². The monoisotopic (exact) mass is 310 g/mol. The Morgan fingerprint density at radius 1 is 1.48 bits per heavy atom. The van der Waals surface area contributed by atoms with Crippen LogP contribution in [-0.2, 0) is 11.2 Å². The lowest BCUT2D eigenvalue weighted by Gasteiger charge is -2.31. The minimum Gasteiger partial charge on any atom is -0.375 e. The number of nitrogens with one attached hydrogen (secondary N) is 1. The standard InChI is InChI=1S/C15H26N4OS/c1-19(13-6-3-2-4-7-13)9-5-8-17-14(20)10-12-11-21-15(16)18-12/h11,13H,2-10H2,1H3,(H2,16,18)(H,17,20). The van der Waals surface area contributed by atoms with Crippen LogP contribution in [-0.4, -0.2) is 42.0 Å². The number of carbonyl (C=O) groups excluding carboxylic acids is 1. The normalized spacial score (nSPS) is 16.3. The van der Waals surface area contributed by atoms with E-state index in [9.17, 15) is 4.79 Å². The highest BCUT2D eigenvalue weighted by Gasteiger charge is 2.17. The van der Waals surface area contributed by atoms with Crippen molar-refractivity contribution >= 4 is 22.4 Å². The highest BCUT2D eigenvalue weighted by Crippen LogP contribution is 2.21. The topological polar surface area (TPSA) is 71.2 Å². The molecule has 0 aromatic carbocycles. The molecule has 0 saturated heterocycles. The van der Waals surface area contributed by atoms with Crippen molar-refractivity contribution < 1.29 is 4.79 Å². The van der Waals surface area contributed by atoms with E-state index in [-0.39, 0.29) is 5.91 Å². The van der Waals surface area contributed by atoms with E-state index in [1.54, 1.807) is 0 Å². The fourth-order valence-corrected chi connectivity index (χ4v) is 3.45. The molecule has 118 valence electrons. The number of nitrogens with two attached hydrogens (primary N) is 1. The summed E-state index contributed by atoms with van der Waals surface area (Å²) in [7, 11) is 2.20. The lowest BCUT2D eigenvalue weighted by Crippen LogP contribution is -2.36. The summed E-state index contributed by atoms with van der Waals surface area (Å²) in [4.78, 5) is 18.3. The largest absolute Gasteiger partial charge is 0.375 e. The second-order valence-electron chi connectivity index (χ2n) is 5.83. The highest BCUT2D eigenvalue weighted by atomic mass is 32.1. The Morgan fingerprint density at radius 3 is 2.90 bits per heavy atom. The van der Waals surface area contributed by atoms with Crippen LogP contribution in [0.15, 0.2) is 5.38 Å². The molecule has 0 atom stereocenters. The molecule has 0 unspecified atom stereocenters. The van der Waals surface area contributed by atoms with Gasteiger partial charge in [0.25, 0.3) is 0 Å². The molecular formula is C15H26N4OS. The minimum atomic E-state index is 0.0284. The number of aromatic nitrogens is 1. The maximum atomic E-state index is 11.8. The third kappa shape index (κ3) is 5.63. The van der Waals surface area contributed by atoms with Gasteiger partial charge in [-0.15, -0.1) is 11.3 Å². The molecule has 21 heavy (non-hydrogen) atoms. The first kappa shape index (κ1) is 16.2. The summed E-state index contributed by atoms with van der Waals surface area (Å²) in [5.41, 5.74) is 6.31. The summed E-state index contributed by atoms with van der Waals surface area (Å²) in [6.45, 7) is 1.78. The van der Waals surface area contributed by atoms with E-state index >= 15 is 0 Å². The number of hydrogen-bond acceptors (Lipinski definition) is 5. The SMILES string of the molecule is CN(CCCNC(=O)Cc1csc(N)n1)C1CCCCC1. The molecule has 1 aliphatic rings. The molecule has 0 aliphatic heterocycles. The van der Waals surface area contributed by atoms with Gasteiger partial charge in [-0.05, 0) is 32.9 Å². The Kier molecular flexibility index (Phi) is 6.45. The van der Waals surface area contributed by atoms with Gasteiger partial charge in [0.2, 0.25) is 5.91 Å². The number of carbonyl (C=O) groups is 1. The average Bonchev–Trinajstić information content (AvgIpc) is 2.89. The Morgan fingerprint density at radius 2 is 2.24 bits per heavy atom. The molecule has 1 aromatic rings. The van der Waals surface area contributed by atoms with Crippen LogP contribution in [0, 0.1) is 0 Å². The van der Waals surface area contributed by atoms with Crippen molar-refractivity contribution in [3.63, 3.8) is 0 Å². The summed E-state index contributed by atoms with van der Waals surface area (Å²) in [5.74, 6) is 0.0284. The molecule has 0 radical (unpaired) electrons. The van der Waals surface area contributed by atoms with Gasteiger partial charge in [-0.3, -0.25) is 4.79 Å². The fraction of sp³-hybridized carbons (Fsp3) is 0.733. The zero-order valence-electron chi connectivity index (χ0n) is 12.8. The maximum Gasteiger partial charge on any atom is 0.226 e. The van der Waals surface area contributed by atoms with Crippen molar-refractivity contribution in [3.8, 4) is 0 Å². The molecule has 0 spiro atoms. The predicted molar refractivity (Wildman–Crippen MR) is 87.4 cm³/mol. The van der Waals surface area contributed by atoms with Gasteiger partial charge in [0.1, 0.15) is 0 Å². The van der Waals surface area contributed by atoms with Crippen molar-refractivity contribution in [2.75, 3.05) is 25.9 Å². The molecule has 1 fully saturated rings. The van der Waals surface area contributed by atoms with E-state index in [1.165, 1.54) is 43.4 Å². The third-order valence-electron chi connectivity index (χ3n) is 4.12. The second-order valence-corrected chi connectivity index (χ2v) is 6.72. The lowest BCUT2D eigenvalue weighted by atomic mass is 9.94. The van der Waals surface area contributed by atoms with Crippen LogP contribution < -0.4 is 11.1 Å². The molecule has 6 heteroatoms. The molecule has 1 aliphatic carbocycles. The number of anilines is 1. The highest BCUT2D eigenvalue weighted by molar-refractivity contribution is 7.13. The lowest BCUT2D eigenvalue weighted by molar-refractivity contribution is -0.120. The average molecular weight is 310 g/mol. The quantitative estimate of drug-likeness (QED) is 0.756. The summed E-state index contributed by atoms with van der Waals surface area (Å²) in [6.07, 6.45) is 8.10. The van der Waals surface area contributed by atoms with Crippen molar-refractivity contribution in [3.05, 3.63) is 11.1 Å². The van der Waals surface area contributed by atoms with Crippen LogP contribution in [0.3, 0.4) is 0 Å². The van der Waals surface area contributed by atoms with E-state index in [1.807, 2.05) is 5.38 Å². The predicted octanol–water partition coefficient (Wildman–Crippen LogP) is 2.04. The maximum absolute atomic E-state index is 11.8. The van der Waals surface area contributed by atoms with E-state index in [0.717, 1.165) is 31.2 Å². The molecule has 1 aromatic heterocycles. The van der Waals surface area contributed by atoms with Crippen LogP contribution in [0.2, 0.25) is 0 Å². The Balaban J connectivity index is 1.57. The molecule has 3 N–H and O–H groups in total. The minimum absolute atomic E-state index is 0.0284. The smallest absolute Gasteiger partial charge is 0.226 e. The number of nitrogen functional groups attached to an aromatic ring is 1. The Bertz CT molecular complexity index is 443. The Hall–Kier alpha value is -1.14. The number of rotatable bonds is 7. The summed E-state index contributed by atoms with van der Waals surface area (Å²) in [5, 5.41) is 5.32. The van der Waals surface area contributed by atoms with E-state index < -0.39 is 0 Å². The molecule has 0 bridgehead atoms. The fourth-order valence-electron chi connectivity index (χ4n) is 2.89. The van der Waals surface area contributed by atoms with Gasteiger partial charge < -0.3 is 16.0 Å². The summed E-state index contributed by atoms with van der Waals surface area (Å²) >= 11 is 1.37. The zero-order valence-corrected chi connectivity index (χ0v) is 13.6. The van der Waals surface area contributed by atoms with E-state index in [2.05, 4.69) is 22.2 Å². The molecular weight excluding hydrogens is 284 g/mol. The number of amides is 1. The first-order valence-corrected chi connectivity index (χ1v) is 8.70. The van der Waals surface area contributed by atoms with Crippen LogP contribution in [0.5, 0.6) is 0 Å². The first-order chi connectivity index (χ1) is 10.1. The van der Waals surface area contributed by atoms with Crippen molar-refractivity contribution in [2.24, 2.45) is 0 Å². The van der Waals surface area contributed by atoms with Crippen LogP contribution >= 0.6 is 11.3 Å². The van der Waals surface area contributed by atoms with Crippen LogP contribution in [0.1, 0.15) is 44.2 Å². The van der Waals surface area contributed by atoms with Crippen LogP contribution in [0.25, 0.3) is 0 Å². The van der Waals surface area contributed by atoms with Crippen molar-refractivity contribution in [2.45, 2.75) is 51.0 Å². The van der Waals surface area contributed by atoms with Gasteiger partial charge in [0.15, 0.2) is 5.13 Å². The van der Waals surface area contributed by atoms with Gasteiger partial charge in [0.05, 0.1) is 12.1 Å². The number of nitrogens with zero attached hydrogens (tertiary/aromatic N) is 2. The van der Waals surface area contributed by atoms with Gasteiger partial charge >= 0.3 is 0 Å². The van der Waals surface area contributed by atoms with Gasteiger partial charge in [-0.25, -0.2) is 4.98 Å². The number of thiazole rings is 1. The van der Waals surface area contributed by atoms with Gasteiger partial charge in [-0.1, -0.05) is 19.3 Å². The Labute approximate surface area is 130 Å². The molecule has 1 saturated carbocycles. The number of hydrogen-bond donors (Lipinski definition) is 2. The second kappa shape index (κ2) is 8.34. The van der Waals surface area contributed by atoms with Gasteiger partial charge in [-0.2, -0.15) is 0 Å². The van der Waals surface area contributed by atoms with E-state index in [4.69, 9.17) is 5.73 Å². The third-order valence-corrected chi connectivity index (χ3v) is 4.84. The van der Waals surface area contributed by atoms with Crippen LogP contribution in [0.4, 0.5) is 5.13 Å². The van der Waals surface area contributed by atoms with Crippen molar-refractivity contribution in [1.29, 1.82) is 0 Å². The molecule has 5 nitrogen and oxygen atoms in total. The first-order valence-electron chi connectivity index (χ1n) is 7.82. The van der Waals surface area contributed by atoms with Gasteiger partial charge in [0, 0.05) is 18.0 Å². The summed E-state index contributed by atoms with van der Waals surface area (Å²) < 4.78 is 0. The van der Waals surface area contributed by atoms with E-state index in [0.29, 0.717) is 11.6 Å². The summed E-state index contributed by atoms with van der Waals surface area (Å²) in [6, 6.07) is 0.743. The molecule has 1 heterocycles.